The Bertz CT molecular complexity index is 657. The van der Waals surface area contributed by atoms with E-state index < -0.39 is 0 Å². The van der Waals surface area contributed by atoms with E-state index in [2.05, 4.69) is 39.1 Å². The summed E-state index contributed by atoms with van der Waals surface area (Å²) in [6.45, 7) is 2.74. The third kappa shape index (κ3) is 2.04. The molecule has 4 nitrogen and oxygen atoms in total. The molecule has 1 aromatic heterocycles. The van der Waals surface area contributed by atoms with E-state index in [1.165, 1.54) is 5.56 Å². The molecule has 1 aliphatic rings. The highest BCUT2D eigenvalue weighted by atomic mass is 15.2. The van der Waals surface area contributed by atoms with Gasteiger partial charge in [-0.25, -0.2) is 9.97 Å². The van der Waals surface area contributed by atoms with Gasteiger partial charge in [-0.2, -0.15) is 5.26 Å². The number of rotatable bonds is 1. The van der Waals surface area contributed by atoms with Crippen LogP contribution in [0.5, 0.6) is 0 Å². The number of fused-ring (bicyclic) bond motifs is 1. The molecule has 0 amide bonds. The van der Waals surface area contributed by atoms with Crippen molar-refractivity contribution in [2.24, 2.45) is 0 Å². The second kappa shape index (κ2) is 4.69. The van der Waals surface area contributed by atoms with Crippen LogP contribution in [0, 0.1) is 18.3 Å². The van der Waals surface area contributed by atoms with Gasteiger partial charge in [0.15, 0.2) is 5.82 Å². The van der Waals surface area contributed by atoms with Crippen LogP contribution in [0.25, 0.3) is 0 Å². The smallest absolute Gasteiger partial charge is 0.154 e. The zero-order valence-corrected chi connectivity index (χ0v) is 10.8. The number of aryl methyl sites for hydroxylation is 2. The molecule has 2 aromatic rings. The summed E-state index contributed by atoms with van der Waals surface area (Å²) in [6.07, 6.45) is 3.76. The van der Waals surface area contributed by atoms with Crippen molar-refractivity contribution in [3.8, 4) is 6.07 Å². The zero-order valence-electron chi connectivity index (χ0n) is 10.8. The molecule has 0 spiro atoms. The first-order chi connectivity index (χ1) is 9.29. The van der Waals surface area contributed by atoms with Gasteiger partial charge in [-0.1, -0.05) is 18.2 Å². The molecule has 0 unspecified atom stereocenters. The van der Waals surface area contributed by atoms with Crippen LogP contribution < -0.4 is 4.90 Å². The van der Waals surface area contributed by atoms with Crippen molar-refractivity contribution in [2.75, 3.05) is 11.4 Å². The fourth-order valence-electron chi connectivity index (χ4n) is 2.50. The largest absolute Gasteiger partial charge is 0.325 e. The number of nitriles is 1. The molecule has 0 N–H and O–H groups in total. The minimum absolute atomic E-state index is 0.530. The highest BCUT2D eigenvalue weighted by molar-refractivity contribution is 5.69. The highest BCUT2D eigenvalue weighted by Crippen LogP contribution is 2.33. The number of aromatic nitrogens is 2. The first kappa shape index (κ1) is 11.7. The Balaban J connectivity index is 2.14. The standard InChI is InChI=1S/C15H14N4/c1-11-17-10-13(9-16)15(18-11)19-8-4-6-12-5-2-3-7-14(12)19/h2-3,5,7,10H,4,6,8H2,1H3. The molecule has 0 aliphatic carbocycles. The second-order valence-electron chi connectivity index (χ2n) is 4.65. The van der Waals surface area contributed by atoms with Crippen molar-refractivity contribution in [3.63, 3.8) is 0 Å². The van der Waals surface area contributed by atoms with Crippen molar-refractivity contribution in [2.45, 2.75) is 19.8 Å². The predicted molar refractivity (Wildman–Crippen MR) is 73.3 cm³/mol. The fourth-order valence-corrected chi connectivity index (χ4v) is 2.50. The number of anilines is 2. The molecule has 0 bridgehead atoms. The van der Waals surface area contributed by atoms with Gasteiger partial charge in [0.05, 0.1) is 6.20 Å². The molecule has 0 fully saturated rings. The maximum Gasteiger partial charge on any atom is 0.154 e. The molecule has 1 aliphatic heterocycles. The summed E-state index contributed by atoms with van der Waals surface area (Å²) < 4.78 is 0. The third-order valence-corrected chi connectivity index (χ3v) is 3.38. The lowest BCUT2D eigenvalue weighted by molar-refractivity contribution is 0.755. The van der Waals surface area contributed by atoms with Crippen molar-refractivity contribution < 1.29 is 0 Å². The molecule has 2 heterocycles. The average Bonchev–Trinajstić information content (AvgIpc) is 2.46. The SMILES string of the molecule is Cc1ncc(C#N)c(N2CCCc3ccccc32)n1. The Morgan fingerprint density at radius 2 is 2.16 bits per heavy atom. The van der Waals surface area contributed by atoms with Gasteiger partial charge < -0.3 is 4.90 Å². The van der Waals surface area contributed by atoms with Crippen LogP contribution in [0.1, 0.15) is 23.4 Å². The van der Waals surface area contributed by atoms with E-state index in [9.17, 15) is 5.26 Å². The first-order valence-electron chi connectivity index (χ1n) is 6.39. The number of para-hydroxylation sites is 1. The van der Waals surface area contributed by atoms with E-state index in [1.807, 2.05) is 13.0 Å². The van der Waals surface area contributed by atoms with Crippen LogP contribution in [-0.4, -0.2) is 16.5 Å². The van der Waals surface area contributed by atoms with Crippen LogP contribution in [0.15, 0.2) is 30.5 Å². The maximum absolute atomic E-state index is 9.23. The Labute approximate surface area is 112 Å². The van der Waals surface area contributed by atoms with E-state index in [-0.39, 0.29) is 0 Å². The Morgan fingerprint density at radius 3 is 3.00 bits per heavy atom. The summed E-state index contributed by atoms with van der Waals surface area (Å²) in [6, 6.07) is 10.5. The van der Waals surface area contributed by atoms with Crippen molar-refractivity contribution in [3.05, 3.63) is 47.4 Å². The van der Waals surface area contributed by atoms with Gasteiger partial charge in [0, 0.05) is 12.2 Å². The lowest BCUT2D eigenvalue weighted by atomic mass is 10.0. The number of nitrogens with zero attached hydrogens (tertiary/aromatic N) is 4. The number of hydrogen-bond donors (Lipinski definition) is 0. The van der Waals surface area contributed by atoms with Gasteiger partial charge in [0.2, 0.25) is 0 Å². The van der Waals surface area contributed by atoms with E-state index in [0.29, 0.717) is 11.4 Å². The molecule has 94 valence electrons. The summed E-state index contributed by atoms with van der Waals surface area (Å²) in [5.41, 5.74) is 3.00. The zero-order chi connectivity index (χ0) is 13.2. The number of hydrogen-bond acceptors (Lipinski definition) is 4. The summed E-state index contributed by atoms with van der Waals surface area (Å²) in [4.78, 5) is 10.7. The van der Waals surface area contributed by atoms with Crippen LogP contribution in [-0.2, 0) is 6.42 Å². The third-order valence-electron chi connectivity index (χ3n) is 3.38. The van der Waals surface area contributed by atoms with Gasteiger partial charge in [-0.05, 0) is 31.4 Å². The molecular weight excluding hydrogens is 236 g/mol. The monoisotopic (exact) mass is 250 g/mol. The van der Waals surface area contributed by atoms with Gasteiger partial charge in [0.25, 0.3) is 0 Å². The Morgan fingerprint density at radius 1 is 1.32 bits per heavy atom. The molecule has 19 heavy (non-hydrogen) atoms. The number of benzene rings is 1. The Kier molecular flexibility index (Phi) is 2.88. The van der Waals surface area contributed by atoms with Crippen molar-refractivity contribution in [1.29, 1.82) is 5.26 Å². The van der Waals surface area contributed by atoms with E-state index >= 15 is 0 Å². The quantitative estimate of drug-likeness (QED) is 0.781. The van der Waals surface area contributed by atoms with E-state index in [4.69, 9.17) is 0 Å². The lowest BCUT2D eigenvalue weighted by Gasteiger charge is -2.30. The van der Waals surface area contributed by atoms with Crippen LogP contribution in [0.2, 0.25) is 0 Å². The molecule has 0 saturated heterocycles. The molecule has 0 atom stereocenters. The highest BCUT2D eigenvalue weighted by Gasteiger charge is 2.21. The molecule has 1 aromatic carbocycles. The van der Waals surface area contributed by atoms with Gasteiger partial charge in [0.1, 0.15) is 17.5 Å². The van der Waals surface area contributed by atoms with Crippen LogP contribution in [0.4, 0.5) is 11.5 Å². The maximum atomic E-state index is 9.23. The minimum atomic E-state index is 0.530. The molecule has 0 radical (unpaired) electrons. The average molecular weight is 250 g/mol. The van der Waals surface area contributed by atoms with Crippen LogP contribution >= 0.6 is 0 Å². The summed E-state index contributed by atoms with van der Waals surface area (Å²) in [5.74, 6) is 1.42. The van der Waals surface area contributed by atoms with Crippen molar-refractivity contribution in [1.82, 2.24) is 9.97 Å². The van der Waals surface area contributed by atoms with Gasteiger partial charge in [-0.3, -0.25) is 0 Å². The van der Waals surface area contributed by atoms with E-state index in [1.54, 1.807) is 6.20 Å². The topological polar surface area (TPSA) is 52.8 Å². The second-order valence-corrected chi connectivity index (χ2v) is 4.65. The van der Waals surface area contributed by atoms with E-state index in [0.717, 1.165) is 30.9 Å². The normalized spacial score (nSPS) is 13.8. The Hall–Kier alpha value is -2.41. The van der Waals surface area contributed by atoms with Gasteiger partial charge >= 0.3 is 0 Å². The minimum Gasteiger partial charge on any atom is -0.325 e. The summed E-state index contributed by atoms with van der Waals surface area (Å²) in [5, 5.41) is 9.23. The molecule has 4 heteroatoms. The molecule has 3 rings (SSSR count). The molecular formula is C15H14N4. The lowest BCUT2D eigenvalue weighted by Crippen LogP contribution is -2.26. The van der Waals surface area contributed by atoms with Crippen molar-refractivity contribution >= 4 is 11.5 Å². The predicted octanol–water partition coefficient (Wildman–Crippen LogP) is 2.74. The summed E-state index contributed by atoms with van der Waals surface area (Å²) in [7, 11) is 0. The van der Waals surface area contributed by atoms with Gasteiger partial charge in [-0.15, -0.1) is 0 Å². The fraction of sp³-hybridized carbons (Fsp3) is 0.267. The first-order valence-corrected chi connectivity index (χ1v) is 6.39. The summed E-state index contributed by atoms with van der Waals surface area (Å²) >= 11 is 0. The molecule has 0 saturated carbocycles. The van der Waals surface area contributed by atoms with Crippen LogP contribution in [0.3, 0.4) is 0 Å².